The molecule has 0 bridgehead atoms. The predicted octanol–water partition coefficient (Wildman–Crippen LogP) is 1.28. The lowest BCUT2D eigenvalue weighted by Crippen LogP contribution is -2.31. The van der Waals surface area contributed by atoms with Gasteiger partial charge in [-0.25, -0.2) is 0 Å². The van der Waals surface area contributed by atoms with Gasteiger partial charge in [0.05, 0.1) is 6.61 Å². The van der Waals surface area contributed by atoms with Gasteiger partial charge in [-0.1, -0.05) is 23.4 Å². The van der Waals surface area contributed by atoms with Gasteiger partial charge in [-0.15, -0.1) is 0 Å². The summed E-state index contributed by atoms with van der Waals surface area (Å²) >= 11 is 0. The van der Waals surface area contributed by atoms with Crippen LogP contribution in [0.1, 0.15) is 6.42 Å². The number of oxime groups is 1. The number of para-hydroxylation sites is 1. The first-order valence-electron chi connectivity index (χ1n) is 5.53. The van der Waals surface area contributed by atoms with Crippen LogP contribution in [-0.2, 0) is 4.74 Å². The largest absolute Gasteiger partial charge is 0.409 e. The third-order valence-corrected chi connectivity index (χ3v) is 2.45. The van der Waals surface area contributed by atoms with Crippen molar-refractivity contribution in [3.8, 4) is 0 Å². The summed E-state index contributed by atoms with van der Waals surface area (Å²) in [6.45, 7) is 2.12. The quantitative estimate of drug-likeness (QED) is 0.324. The van der Waals surface area contributed by atoms with Gasteiger partial charge in [0.2, 0.25) is 0 Å². The van der Waals surface area contributed by atoms with Crippen LogP contribution in [-0.4, -0.2) is 37.8 Å². The number of rotatable bonds is 7. The Kier molecular flexibility index (Phi) is 5.88. The molecule has 0 spiro atoms. The van der Waals surface area contributed by atoms with Crippen LogP contribution in [0, 0.1) is 0 Å². The average molecular weight is 237 g/mol. The predicted molar refractivity (Wildman–Crippen MR) is 68.6 cm³/mol. The molecule has 1 aromatic carbocycles. The second-order valence-electron chi connectivity index (χ2n) is 3.66. The Hall–Kier alpha value is -1.75. The van der Waals surface area contributed by atoms with Crippen molar-refractivity contribution in [3.05, 3.63) is 30.3 Å². The molecule has 0 aliphatic carbocycles. The Morgan fingerprint density at radius 3 is 2.65 bits per heavy atom. The molecule has 0 saturated heterocycles. The highest BCUT2D eigenvalue weighted by Gasteiger charge is 2.06. The van der Waals surface area contributed by atoms with Crippen molar-refractivity contribution in [2.45, 2.75) is 6.42 Å². The molecule has 17 heavy (non-hydrogen) atoms. The maximum Gasteiger partial charge on any atom is 0.140 e. The number of hydrogen-bond donors (Lipinski definition) is 2. The smallest absolute Gasteiger partial charge is 0.140 e. The van der Waals surface area contributed by atoms with Crippen molar-refractivity contribution in [1.29, 1.82) is 0 Å². The van der Waals surface area contributed by atoms with Crippen LogP contribution in [0.2, 0.25) is 0 Å². The fourth-order valence-corrected chi connectivity index (χ4v) is 1.51. The number of benzene rings is 1. The SMILES string of the molecule is COCCN(CC/C(N)=N/O)c1ccccc1. The zero-order valence-electron chi connectivity index (χ0n) is 10.0. The molecule has 1 rings (SSSR count). The standard InChI is InChI=1S/C12H19N3O2/c1-17-10-9-15(8-7-12(13)14-16)11-5-3-2-4-6-11/h2-6,16H,7-10H2,1H3,(H2,13,14). The van der Waals surface area contributed by atoms with E-state index in [0.717, 1.165) is 12.2 Å². The highest BCUT2D eigenvalue weighted by Crippen LogP contribution is 2.13. The number of hydrogen-bond acceptors (Lipinski definition) is 4. The van der Waals surface area contributed by atoms with E-state index in [-0.39, 0.29) is 5.84 Å². The molecule has 0 saturated carbocycles. The van der Waals surface area contributed by atoms with E-state index >= 15 is 0 Å². The first-order chi connectivity index (χ1) is 8.27. The van der Waals surface area contributed by atoms with Crippen molar-refractivity contribution >= 4 is 11.5 Å². The van der Waals surface area contributed by atoms with Crippen molar-refractivity contribution in [3.63, 3.8) is 0 Å². The van der Waals surface area contributed by atoms with Crippen molar-refractivity contribution in [2.24, 2.45) is 10.9 Å². The highest BCUT2D eigenvalue weighted by atomic mass is 16.5. The lowest BCUT2D eigenvalue weighted by atomic mass is 10.2. The van der Waals surface area contributed by atoms with Crippen LogP contribution in [0.25, 0.3) is 0 Å². The van der Waals surface area contributed by atoms with Gasteiger partial charge in [-0.2, -0.15) is 0 Å². The fraction of sp³-hybridized carbons (Fsp3) is 0.417. The number of nitrogens with zero attached hydrogens (tertiary/aromatic N) is 2. The van der Waals surface area contributed by atoms with Gasteiger partial charge in [0.25, 0.3) is 0 Å². The van der Waals surface area contributed by atoms with Crippen LogP contribution >= 0.6 is 0 Å². The van der Waals surface area contributed by atoms with Gasteiger partial charge in [0, 0.05) is 32.3 Å². The van der Waals surface area contributed by atoms with E-state index in [1.807, 2.05) is 30.3 Å². The summed E-state index contributed by atoms with van der Waals surface area (Å²) in [6.07, 6.45) is 0.523. The molecule has 0 aliphatic rings. The third-order valence-electron chi connectivity index (χ3n) is 2.45. The number of methoxy groups -OCH3 is 1. The Morgan fingerprint density at radius 1 is 1.35 bits per heavy atom. The molecular formula is C12H19N3O2. The summed E-state index contributed by atoms with van der Waals surface area (Å²) < 4.78 is 5.07. The van der Waals surface area contributed by atoms with E-state index < -0.39 is 0 Å². The summed E-state index contributed by atoms with van der Waals surface area (Å²) in [5.41, 5.74) is 6.58. The number of amidine groups is 1. The Bertz CT molecular complexity index is 341. The fourth-order valence-electron chi connectivity index (χ4n) is 1.51. The van der Waals surface area contributed by atoms with Crippen LogP contribution in [0.4, 0.5) is 5.69 Å². The third kappa shape index (κ3) is 4.74. The average Bonchev–Trinajstić information content (AvgIpc) is 2.39. The number of nitrogens with two attached hydrogens (primary N) is 1. The Balaban J connectivity index is 2.61. The van der Waals surface area contributed by atoms with Gasteiger partial charge in [0.15, 0.2) is 0 Å². The zero-order chi connectivity index (χ0) is 12.5. The van der Waals surface area contributed by atoms with Crippen LogP contribution in [0.15, 0.2) is 35.5 Å². The molecule has 0 unspecified atom stereocenters. The second kappa shape index (κ2) is 7.51. The van der Waals surface area contributed by atoms with Crippen molar-refractivity contribution in [1.82, 2.24) is 0 Å². The van der Waals surface area contributed by atoms with E-state index in [1.165, 1.54) is 0 Å². The van der Waals surface area contributed by atoms with Gasteiger partial charge in [-0.05, 0) is 12.1 Å². The number of ether oxygens (including phenoxy) is 1. The van der Waals surface area contributed by atoms with Gasteiger partial charge < -0.3 is 20.6 Å². The normalized spacial score (nSPS) is 11.5. The van der Waals surface area contributed by atoms with Crippen molar-refractivity contribution < 1.29 is 9.94 Å². The molecule has 5 nitrogen and oxygen atoms in total. The van der Waals surface area contributed by atoms with Gasteiger partial charge >= 0.3 is 0 Å². The summed E-state index contributed by atoms with van der Waals surface area (Å²) in [5, 5.41) is 11.5. The second-order valence-corrected chi connectivity index (χ2v) is 3.66. The van der Waals surface area contributed by atoms with Gasteiger partial charge in [0.1, 0.15) is 5.84 Å². The Labute approximate surface area is 101 Å². The van der Waals surface area contributed by atoms with E-state index in [9.17, 15) is 0 Å². The minimum atomic E-state index is 0.239. The summed E-state index contributed by atoms with van der Waals surface area (Å²) in [5.74, 6) is 0.239. The van der Waals surface area contributed by atoms with Crippen LogP contribution in [0.5, 0.6) is 0 Å². The van der Waals surface area contributed by atoms with E-state index in [1.54, 1.807) is 7.11 Å². The molecule has 0 heterocycles. The molecule has 5 heteroatoms. The van der Waals surface area contributed by atoms with E-state index in [0.29, 0.717) is 19.6 Å². The summed E-state index contributed by atoms with van der Waals surface area (Å²) in [4.78, 5) is 2.14. The highest BCUT2D eigenvalue weighted by molar-refractivity contribution is 5.80. The van der Waals surface area contributed by atoms with Crippen LogP contribution < -0.4 is 10.6 Å². The molecule has 0 aliphatic heterocycles. The Morgan fingerprint density at radius 2 is 2.06 bits per heavy atom. The minimum Gasteiger partial charge on any atom is -0.409 e. The summed E-state index contributed by atoms with van der Waals surface area (Å²) in [7, 11) is 1.67. The molecular weight excluding hydrogens is 218 g/mol. The first-order valence-corrected chi connectivity index (χ1v) is 5.53. The van der Waals surface area contributed by atoms with Crippen LogP contribution in [0.3, 0.4) is 0 Å². The monoisotopic (exact) mass is 237 g/mol. The molecule has 94 valence electrons. The number of anilines is 1. The van der Waals surface area contributed by atoms with E-state index in [4.69, 9.17) is 15.7 Å². The topological polar surface area (TPSA) is 71.1 Å². The molecule has 0 aromatic heterocycles. The molecule has 0 radical (unpaired) electrons. The van der Waals surface area contributed by atoms with E-state index in [2.05, 4.69) is 10.1 Å². The van der Waals surface area contributed by atoms with Gasteiger partial charge in [-0.3, -0.25) is 0 Å². The molecule has 0 fully saturated rings. The lowest BCUT2D eigenvalue weighted by molar-refractivity contribution is 0.205. The molecule has 1 aromatic rings. The summed E-state index contributed by atoms with van der Waals surface area (Å²) in [6, 6.07) is 10.0. The maximum absolute atomic E-state index is 8.51. The van der Waals surface area contributed by atoms with Crippen molar-refractivity contribution in [2.75, 3.05) is 31.7 Å². The molecule has 0 atom stereocenters. The maximum atomic E-state index is 8.51. The lowest BCUT2D eigenvalue weighted by Gasteiger charge is -2.24. The molecule has 3 N–H and O–H groups in total. The first kappa shape index (κ1) is 13.3. The zero-order valence-corrected chi connectivity index (χ0v) is 10.0. The minimum absolute atomic E-state index is 0.239. The molecule has 0 amide bonds.